The van der Waals surface area contributed by atoms with Gasteiger partial charge in [-0.3, -0.25) is 0 Å². The number of halogens is 6. The molecule has 20 heavy (non-hydrogen) atoms. The Kier molecular flexibility index (Phi) is 4.84. The predicted octanol–water partition coefficient (Wildman–Crippen LogP) is 0.725. The second-order valence-electron chi connectivity index (χ2n) is 4.14. The molecule has 0 saturated heterocycles. The van der Waals surface area contributed by atoms with Crippen LogP contribution in [0.2, 0.25) is 0 Å². The minimum absolute atomic E-state index is 0.613. The normalized spacial score (nSPS) is 15.7. The molecular weight excluding hydrogens is 342 g/mol. The molecule has 0 fully saturated rings. The molecule has 0 aromatic carbocycles. The fourth-order valence-corrected chi connectivity index (χ4v) is 3.53. The lowest BCUT2D eigenvalue weighted by Gasteiger charge is -2.34. The smallest absolute Gasteiger partial charge is 0.313 e. The van der Waals surface area contributed by atoms with Crippen LogP contribution in [0.1, 0.15) is 13.8 Å². The summed E-state index contributed by atoms with van der Waals surface area (Å²) >= 11 is 0. The summed E-state index contributed by atoms with van der Waals surface area (Å²) in [6, 6.07) is 0. The Labute approximate surface area is 110 Å². The van der Waals surface area contributed by atoms with Crippen molar-refractivity contribution in [3.63, 3.8) is 0 Å². The van der Waals surface area contributed by atoms with Crippen molar-refractivity contribution in [2.24, 2.45) is 5.73 Å². The number of hydrogen-bond acceptors (Lipinski definition) is 5. The van der Waals surface area contributed by atoms with E-state index in [0.717, 1.165) is 0 Å². The van der Waals surface area contributed by atoms with Gasteiger partial charge in [-0.05, 0) is 13.8 Å². The third-order valence-electron chi connectivity index (χ3n) is 1.87. The summed E-state index contributed by atoms with van der Waals surface area (Å²) in [7, 11) is -12.5. The highest BCUT2D eigenvalue weighted by Crippen LogP contribution is 2.33. The largest absolute Gasteiger partial charge is 0.511 e. The summed E-state index contributed by atoms with van der Waals surface area (Å²) in [5.74, 6) is -2.47. The highest BCUT2D eigenvalue weighted by molar-refractivity contribution is 7.94. The standard InChI is InChI=1S/C6H10F6N2O4S2/c1-4(2,13)14(20(17,18)6(10,11)12)3-19(15,16)5(7,8)9/h3,13H2,1-2H3. The molecule has 0 heterocycles. The molecular formula is C6H10F6N2O4S2. The highest BCUT2D eigenvalue weighted by Gasteiger charge is 2.57. The average Bonchev–Trinajstić information content (AvgIpc) is 2.08. The molecule has 14 heteroatoms. The fourth-order valence-electron chi connectivity index (χ4n) is 0.898. The molecule has 6 nitrogen and oxygen atoms in total. The molecule has 0 amide bonds. The lowest BCUT2D eigenvalue weighted by atomic mass is 10.3. The molecule has 0 atom stereocenters. The zero-order valence-corrected chi connectivity index (χ0v) is 11.6. The van der Waals surface area contributed by atoms with E-state index in [1.54, 1.807) is 0 Å². The van der Waals surface area contributed by atoms with Crippen LogP contribution >= 0.6 is 0 Å². The Morgan fingerprint density at radius 1 is 0.900 bits per heavy atom. The van der Waals surface area contributed by atoms with E-state index < -0.39 is 46.7 Å². The van der Waals surface area contributed by atoms with Crippen LogP contribution in [0.25, 0.3) is 0 Å². The molecule has 0 aromatic rings. The van der Waals surface area contributed by atoms with Gasteiger partial charge in [-0.1, -0.05) is 0 Å². The average molecular weight is 352 g/mol. The molecule has 0 aliphatic rings. The van der Waals surface area contributed by atoms with E-state index in [0.29, 0.717) is 13.8 Å². The van der Waals surface area contributed by atoms with Crippen molar-refractivity contribution < 1.29 is 43.2 Å². The first-order valence-corrected chi connectivity index (χ1v) is 7.60. The number of rotatable bonds is 4. The summed E-state index contributed by atoms with van der Waals surface area (Å²) in [6.45, 7) is 1.23. The first-order chi connectivity index (χ1) is 8.34. The molecule has 0 aliphatic carbocycles. The number of alkyl halides is 6. The summed E-state index contributed by atoms with van der Waals surface area (Å²) in [4.78, 5) is 0. The molecule has 0 unspecified atom stereocenters. The maximum atomic E-state index is 12.3. The fraction of sp³-hybridized carbons (Fsp3) is 1.00. The van der Waals surface area contributed by atoms with Crippen molar-refractivity contribution in [1.29, 1.82) is 0 Å². The molecule has 0 bridgehead atoms. The van der Waals surface area contributed by atoms with E-state index in [4.69, 9.17) is 5.73 Å². The summed E-state index contributed by atoms with van der Waals surface area (Å²) in [5, 5.41) is 0. The quantitative estimate of drug-likeness (QED) is 0.594. The Balaban J connectivity index is 5.94. The van der Waals surface area contributed by atoms with Crippen LogP contribution in [0.15, 0.2) is 0 Å². The van der Waals surface area contributed by atoms with Gasteiger partial charge in [0.25, 0.3) is 9.84 Å². The second kappa shape index (κ2) is 4.99. The van der Waals surface area contributed by atoms with E-state index in [9.17, 15) is 43.2 Å². The van der Waals surface area contributed by atoms with Gasteiger partial charge in [0.15, 0.2) is 0 Å². The van der Waals surface area contributed by atoms with Crippen LogP contribution in [-0.4, -0.2) is 43.7 Å². The van der Waals surface area contributed by atoms with Crippen LogP contribution in [0.3, 0.4) is 0 Å². The van der Waals surface area contributed by atoms with Gasteiger partial charge in [0, 0.05) is 0 Å². The lowest BCUT2D eigenvalue weighted by molar-refractivity contribution is -0.0533. The highest BCUT2D eigenvalue weighted by atomic mass is 32.2. The molecule has 0 aliphatic heterocycles. The van der Waals surface area contributed by atoms with E-state index in [-0.39, 0.29) is 0 Å². The van der Waals surface area contributed by atoms with Crippen molar-refractivity contribution in [3.05, 3.63) is 0 Å². The van der Waals surface area contributed by atoms with Gasteiger partial charge in [0.2, 0.25) is 0 Å². The van der Waals surface area contributed by atoms with Gasteiger partial charge in [-0.15, -0.1) is 0 Å². The third kappa shape index (κ3) is 3.95. The molecule has 0 aromatic heterocycles. The molecule has 0 saturated carbocycles. The zero-order valence-electron chi connectivity index (χ0n) is 9.95. The second-order valence-corrected chi connectivity index (χ2v) is 7.95. The van der Waals surface area contributed by atoms with E-state index in [2.05, 4.69) is 0 Å². The number of nitrogens with zero attached hydrogens (tertiary/aromatic N) is 1. The van der Waals surface area contributed by atoms with Crippen LogP contribution in [-0.2, 0) is 19.9 Å². The summed E-state index contributed by atoms with van der Waals surface area (Å²) in [5.41, 5.74) is -9.41. The molecule has 2 N–H and O–H groups in total. The maximum Gasteiger partial charge on any atom is 0.511 e. The topological polar surface area (TPSA) is 97.5 Å². The maximum absolute atomic E-state index is 12.3. The van der Waals surface area contributed by atoms with Gasteiger partial charge >= 0.3 is 21.0 Å². The van der Waals surface area contributed by atoms with Crippen LogP contribution in [0.5, 0.6) is 0 Å². The van der Waals surface area contributed by atoms with Crippen LogP contribution < -0.4 is 5.73 Å². The van der Waals surface area contributed by atoms with Crippen molar-refractivity contribution in [3.8, 4) is 0 Å². The minimum atomic E-state index is -6.36. The van der Waals surface area contributed by atoms with Gasteiger partial charge < -0.3 is 5.73 Å². The summed E-state index contributed by atoms with van der Waals surface area (Å²) in [6.07, 6.45) is 0. The van der Waals surface area contributed by atoms with Crippen molar-refractivity contribution in [2.75, 3.05) is 5.88 Å². The Morgan fingerprint density at radius 2 is 1.25 bits per heavy atom. The van der Waals surface area contributed by atoms with Crippen LogP contribution in [0.4, 0.5) is 26.3 Å². The monoisotopic (exact) mass is 352 g/mol. The predicted molar refractivity (Wildman–Crippen MR) is 54.9 cm³/mol. The van der Waals surface area contributed by atoms with Crippen molar-refractivity contribution in [1.82, 2.24) is 4.31 Å². The van der Waals surface area contributed by atoms with E-state index in [1.165, 1.54) is 0 Å². The summed E-state index contributed by atoms with van der Waals surface area (Å²) < 4.78 is 116. The van der Waals surface area contributed by atoms with Crippen LogP contribution in [0, 0.1) is 0 Å². The molecule has 122 valence electrons. The molecule has 0 radical (unpaired) electrons. The van der Waals surface area contributed by atoms with Gasteiger partial charge in [0.05, 0.1) is 5.66 Å². The van der Waals surface area contributed by atoms with E-state index >= 15 is 0 Å². The lowest BCUT2D eigenvalue weighted by Crippen LogP contribution is -2.59. The third-order valence-corrected chi connectivity index (χ3v) is 5.10. The first-order valence-electron chi connectivity index (χ1n) is 4.51. The molecule has 0 spiro atoms. The zero-order chi connectivity index (χ0) is 16.8. The Hall–Kier alpha value is -0.600. The minimum Gasteiger partial charge on any atom is -0.313 e. The van der Waals surface area contributed by atoms with Crippen molar-refractivity contribution >= 4 is 19.9 Å². The van der Waals surface area contributed by atoms with Gasteiger partial charge in [-0.2, -0.15) is 30.6 Å². The SMILES string of the molecule is CC(C)(N)N(CS(=O)(=O)C(F)(F)F)S(=O)(=O)C(F)(F)F. The number of sulfonamides is 1. The Morgan fingerprint density at radius 3 is 1.45 bits per heavy atom. The first kappa shape index (κ1) is 19.4. The Bertz CT molecular complexity index is 556. The van der Waals surface area contributed by atoms with Crippen molar-refractivity contribution in [2.45, 2.75) is 30.5 Å². The number of sulfone groups is 1. The number of nitrogens with two attached hydrogens (primary N) is 1. The molecule has 0 rings (SSSR count). The number of hydrogen-bond donors (Lipinski definition) is 1. The van der Waals surface area contributed by atoms with Gasteiger partial charge in [0.1, 0.15) is 5.88 Å². The van der Waals surface area contributed by atoms with E-state index in [1.807, 2.05) is 0 Å². The van der Waals surface area contributed by atoms with Gasteiger partial charge in [-0.25, -0.2) is 16.8 Å².